The number of carbonyl (C=O) groups excluding carboxylic acids is 2. The van der Waals surface area contributed by atoms with E-state index in [0.29, 0.717) is 11.7 Å². The van der Waals surface area contributed by atoms with Gasteiger partial charge in [-0.1, -0.05) is 26.0 Å². The molecule has 0 saturated carbocycles. The van der Waals surface area contributed by atoms with Gasteiger partial charge in [-0.05, 0) is 49.4 Å². The average Bonchev–Trinajstić information content (AvgIpc) is 3.01. The fourth-order valence-corrected chi connectivity index (χ4v) is 2.26. The third-order valence-electron chi connectivity index (χ3n) is 3.51. The fourth-order valence-electron chi connectivity index (χ4n) is 2.26. The molecule has 0 unspecified atom stereocenters. The number of nitrogens with one attached hydrogen (secondary N) is 3. The van der Waals surface area contributed by atoms with Gasteiger partial charge in [0.05, 0.1) is 0 Å². The number of hydrazine groups is 1. The molecule has 0 radical (unpaired) electrons. The number of carbonyl (C=O) groups is 2. The molecule has 0 bridgehead atoms. The van der Waals surface area contributed by atoms with Crippen molar-refractivity contribution in [3.8, 4) is 5.75 Å². The number of hydrogen-bond acceptors (Lipinski definition) is 4. The third-order valence-corrected chi connectivity index (χ3v) is 3.51. The predicted octanol–water partition coefficient (Wildman–Crippen LogP) is 2.07. The molecule has 0 aliphatic rings. The zero-order chi connectivity index (χ0) is 18.4. The van der Waals surface area contributed by atoms with Crippen LogP contribution in [0.1, 0.15) is 41.2 Å². The van der Waals surface area contributed by atoms with Crippen LogP contribution in [0.15, 0.2) is 24.3 Å². The molecule has 0 spiro atoms. The molecule has 7 nitrogen and oxygen atoms in total. The Labute approximate surface area is 147 Å². The lowest BCUT2D eigenvalue weighted by Crippen LogP contribution is -2.44. The fraction of sp³-hybridized carbons (Fsp3) is 0.389. The summed E-state index contributed by atoms with van der Waals surface area (Å²) in [6.45, 7) is 7.82. The minimum absolute atomic E-state index is 0.191. The molecule has 1 aromatic heterocycles. The Balaban J connectivity index is 1.80. The molecule has 134 valence electrons. The molecule has 0 atom stereocenters. The zero-order valence-corrected chi connectivity index (χ0v) is 15.0. The Hall–Kier alpha value is -2.83. The van der Waals surface area contributed by atoms with E-state index in [9.17, 15) is 9.59 Å². The largest absolute Gasteiger partial charge is 0.483 e. The highest BCUT2D eigenvalue weighted by Crippen LogP contribution is 2.18. The van der Waals surface area contributed by atoms with Gasteiger partial charge in [0.15, 0.2) is 12.3 Å². The second kappa shape index (κ2) is 8.32. The molecule has 2 aromatic rings. The lowest BCUT2D eigenvalue weighted by molar-refractivity contribution is -0.123. The van der Waals surface area contributed by atoms with Crippen LogP contribution >= 0.6 is 0 Å². The van der Waals surface area contributed by atoms with E-state index in [0.717, 1.165) is 23.2 Å². The highest BCUT2D eigenvalue weighted by atomic mass is 16.5. The van der Waals surface area contributed by atoms with Gasteiger partial charge in [-0.2, -0.15) is 5.10 Å². The average molecular weight is 344 g/mol. The smallest absolute Gasteiger partial charge is 0.290 e. The monoisotopic (exact) mass is 344 g/mol. The molecule has 0 fully saturated rings. The van der Waals surface area contributed by atoms with Gasteiger partial charge in [0, 0.05) is 5.69 Å². The number of aryl methyl sites for hydroxylation is 2. The van der Waals surface area contributed by atoms with E-state index in [4.69, 9.17) is 4.74 Å². The SMILES string of the molecule is Cc1ccc(C)c(OCC(=O)NNC(=O)c2cc(CC(C)C)[nH]n2)c1. The van der Waals surface area contributed by atoms with Crippen molar-refractivity contribution in [1.29, 1.82) is 0 Å². The van der Waals surface area contributed by atoms with Crippen LogP contribution in [0.5, 0.6) is 5.75 Å². The summed E-state index contributed by atoms with van der Waals surface area (Å²) in [6.07, 6.45) is 0.802. The Bertz CT molecular complexity index is 753. The second-order valence-electron chi connectivity index (χ2n) is 6.44. The first-order valence-corrected chi connectivity index (χ1v) is 8.18. The van der Waals surface area contributed by atoms with Gasteiger partial charge in [-0.25, -0.2) is 0 Å². The van der Waals surface area contributed by atoms with Crippen LogP contribution in [-0.4, -0.2) is 28.6 Å². The highest BCUT2D eigenvalue weighted by molar-refractivity contribution is 5.93. The van der Waals surface area contributed by atoms with Crippen LogP contribution in [0.4, 0.5) is 0 Å². The molecule has 0 saturated heterocycles. The molecule has 7 heteroatoms. The third kappa shape index (κ3) is 5.63. The van der Waals surface area contributed by atoms with Crippen LogP contribution in [0, 0.1) is 19.8 Å². The lowest BCUT2D eigenvalue weighted by Gasteiger charge is -2.10. The Morgan fingerprint density at radius 2 is 1.96 bits per heavy atom. The summed E-state index contributed by atoms with van der Waals surface area (Å²) in [5.41, 5.74) is 7.74. The summed E-state index contributed by atoms with van der Waals surface area (Å²) < 4.78 is 5.48. The summed E-state index contributed by atoms with van der Waals surface area (Å²) in [7, 11) is 0. The van der Waals surface area contributed by atoms with Crippen molar-refractivity contribution in [2.75, 3.05) is 6.61 Å². The maximum atomic E-state index is 12.0. The summed E-state index contributed by atoms with van der Waals surface area (Å²) in [4.78, 5) is 23.8. The van der Waals surface area contributed by atoms with E-state index in [2.05, 4.69) is 34.9 Å². The molecule has 2 rings (SSSR count). The van der Waals surface area contributed by atoms with Crippen LogP contribution in [0.3, 0.4) is 0 Å². The number of nitrogens with zero attached hydrogens (tertiary/aromatic N) is 1. The van der Waals surface area contributed by atoms with E-state index in [1.165, 1.54) is 0 Å². The number of hydrogen-bond donors (Lipinski definition) is 3. The number of amides is 2. The Kier molecular flexibility index (Phi) is 6.16. The maximum Gasteiger partial charge on any atom is 0.290 e. The van der Waals surface area contributed by atoms with Gasteiger partial charge >= 0.3 is 0 Å². The van der Waals surface area contributed by atoms with Gasteiger partial charge < -0.3 is 4.74 Å². The summed E-state index contributed by atoms with van der Waals surface area (Å²) >= 11 is 0. The van der Waals surface area contributed by atoms with Crippen molar-refractivity contribution in [3.05, 3.63) is 46.8 Å². The van der Waals surface area contributed by atoms with Crippen molar-refractivity contribution in [2.24, 2.45) is 5.92 Å². The van der Waals surface area contributed by atoms with E-state index in [1.807, 2.05) is 32.0 Å². The van der Waals surface area contributed by atoms with Crippen LogP contribution < -0.4 is 15.6 Å². The molecular formula is C18H24N4O3. The van der Waals surface area contributed by atoms with E-state index < -0.39 is 11.8 Å². The first-order valence-electron chi connectivity index (χ1n) is 8.18. The Morgan fingerprint density at radius 3 is 2.68 bits per heavy atom. The van der Waals surface area contributed by atoms with Gasteiger partial charge in [-0.3, -0.25) is 25.5 Å². The number of rotatable bonds is 6. The molecule has 2 amide bonds. The van der Waals surface area contributed by atoms with Crippen LogP contribution in [0.2, 0.25) is 0 Å². The van der Waals surface area contributed by atoms with Crippen molar-refractivity contribution in [3.63, 3.8) is 0 Å². The predicted molar refractivity (Wildman–Crippen MR) is 94.1 cm³/mol. The Morgan fingerprint density at radius 1 is 1.20 bits per heavy atom. The molecule has 0 aliphatic heterocycles. The van der Waals surface area contributed by atoms with E-state index >= 15 is 0 Å². The highest BCUT2D eigenvalue weighted by Gasteiger charge is 2.12. The molecule has 3 N–H and O–H groups in total. The van der Waals surface area contributed by atoms with Gasteiger partial charge in [-0.15, -0.1) is 0 Å². The molecule has 0 aliphatic carbocycles. The number of aromatic nitrogens is 2. The molecule has 1 heterocycles. The van der Waals surface area contributed by atoms with E-state index in [1.54, 1.807) is 6.07 Å². The minimum Gasteiger partial charge on any atom is -0.483 e. The minimum atomic E-state index is -0.480. The summed E-state index contributed by atoms with van der Waals surface area (Å²) in [5.74, 6) is 0.170. The molecule has 25 heavy (non-hydrogen) atoms. The first kappa shape index (κ1) is 18.5. The topological polar surface area (TPSA) is 96.1 Å². The first-order chi connectivity index (χ1) is 11.8. The number of benzene rings is 1. The quantitative estimate of drug-likeness (QED) is 0.699. The lowest BCUT2D eigenvalue weighted by atomic mass is 10.1. The normalized spacial score (nSPS) is 10.6. The van der Waals surface area contributed by atoms with Gasteiger partial charge in [0.2, 0.25) is 0 Å². The van der Waals surface area contributed by atoms with Crippen molar-refractivity contribution in [1.82, 2.24) is 21.0 Å². The molecule has 1 aromatic carbocycles. The van der Waals surface area contributed by atoms with Gasteiger partial charge in [0.25, 0.3) is 11.8 Å². The summed E-state index contributed by atoms with van der Waals surface area (Å²) in [6, 6.07) is 7.44. The van der Waals surface area contributed by atoms with E-state index in [-0.39, 0.29) is 12.3 Å². The van der Waals surface area contributed by atoms with Crippen LogP contribution in [-0.2, 0) is 11.2 Å². The van der Waals surface area contributed by atoms with Crippen molar-refractivity contribution < 1.29 is 14.3 Å². The standard InChI is InChI=1S/C18H24N4O3/c1-11(2)7-14-9-15(20-19-14)18(24)22-21-17(23)10-25-16-8-12(3)5-6-13(16)4/h5-6,8-9,11H,7,10H2,1-4H3,(H,19,20)(H,21,23)(H,22,24). The number of H-pyrrole nitrogens is 1. The number of aromatic amines is 1. The van der Waals surface area contributed by atoms with Crippen molar-refractivity contribution >= 4 is 11.8 Å². The maximum absolute atomic E-state index is 12.0. The van der Waals surface area contributed by atoms with Crippen LogP contribution in [0.25, 0.3) is 0 Å². The second-order valence-corrected chi connectivity index (χ2v) is 6.44. The van der Waals surface area contributed by atoms with Gasteiger partial charge in [0.1, 0.15) is 5.75 Å². The van der Waals surface area contributed by atoms with Crippen molar-refractivity contribution in [2.45, 2.75) is 34.1 Å². The zero-order valence-electron chi connectivity index (χ0n) is 15.0. The summed E-state index contributed by atoms with van der Waals surface area (Å²) in [5, 5.41) is 6.76. The number of ether oxygens (including phenoxy) is 1. The molecular weight excluding hydrogens is 320 g/mol.